The van der Waals surface area contributed by atoms with Gasteiger partial charge in [0.2, 0.25) is 11.8 Å². The molecule has 2 aromatic rings. The number of nitrogens with one attached hydrogen (secondary N) is 2. The van der Waals surface area contributed by atoms with Crippen LogP contribution in [0, 0.1) is 17.0 Å². The molecule has 2 aromatic carbocycles. The van der Waals surface area contributed by atoms with Crippen molar-refractivity contribution in [2.45, 2.75) is 43.7 Å². The van der Waals surface area contributed by atoms with Crippen molar-refractivity contribution >= 4 is 17.5 Å². The summed E-state index contributed by atoms with van der Waals surface area (Å²) in [5, 5.41) is 15.5. The van der Waals surface area contributed by atoms with Gasteiger partial charge in [-0.25, -0.2) is 8.78 Å². The minimum atomic E-state index is -0.898. The van der Waals surface area contributed by atoms with E-state index in [2.05, 4.69) is 22.5 Å². The van der Waals surface area contributed by atoms with Gasteiger partial charge in [-0.05, 0) is 55.3 Å². The molecule has 2 fully saturated rings. The van der Waals surface area contributed by atoms with E-state index in [1.165, 1.54) is 5.56 Å². The maximum absolute atomic E-state index is 13.8. The van der Waals surface area contributed by atoms with Gasteiger partial charge in [-0.1, -0.05) is 13.0 Å². The fraction of sp³-hybridized carbons (Fsp3) is 0.417. The normalized spacial score (nSPS) is 30.1. The first-order chi connectivity index (χ1) is 15.1. The van der Waals surface area contributed by atoms with E-state index in [1.807, 2.05) is 13.1 Å². The zero-order valence-electron chi connectivity index (χ0n) is 17.9. The molecule has 1 saturated carbocycles. The highest BCUT2D eigenvalue weighted by Crippen LogP contribution is 2.63. The highest BCUT2D eigenvalue weighted by atomic mass is 19.1. The molecule has 2 bridgehead atoms. The van der Waals surface area contributed by atoms with Gasteiger partial charge in [0.25, 0.3) is 0 Å². The number of rotatable bonds is 4. The highest BCUT2D eigenvalue weighted by molar-refractivity contribution is 6.03. The Hall–Kier alpha value is -3.00. The lowest BCUT2D eigenvalue weighted by atomic mass is 9.63. The Morgan fingerprint density at radius 3 is 2.69 bits per heavy atom. The molecule has 5 rings (SSSR count). The van der Waals surface area contributed by atoms with E-state index < -0.39 is 29.9 Å². The molecule has 2 amide bonds. The Labute approximate surface area is 184 Å². The second-order valence-electron chi connectivity index (χ2n) is 9.73. The van der Waals surface area contributed by atoms with Gasteiger partial charge in [0.05, 0.1) is 11.7 Å². The summed E-state index contributed by atoms with van der Waals surface area (Å²) < 4.78 is 26.9. The molecule has 4 atom stereocenters. The molecule has 168 valence electrons. The molecule has 6 nitrogen and oxygen atoms in total. The molecule has 1 aliphatic heterocycles. The number of fused-ring (bicyclic) bond motifs is 3. The zero-order valence-corrected chi connectivity index (χ0v) is 17.9. The maximum Gasteiger partial charge on any atom is 0.233 e. The molecular weight excluding hydrogens is 416 g/mol. The number of halogens is 2. The number of amides is 2. The van der Waals surface area contributed by atoms with Crippen LogP contribution in [0.4, 0.5) is 14.5 Å². The van der Waals surface area contributed by atoms with Crippen molar-refractivity contribution in [3.05, 3.63) is 59.2 Å². The molecule has 0 radical (unpaired) electrons. The lowest BCUT2D eigenvalue weighted by Crippen LogP contribution is -2.67. The number of likely N-dealkylation sites (tertiary alicyclic amines) is 1. The van der Waals surface area contributed by atoms with Crippen molar-refractivity contribution in [1.82, 2.24) is 10.2 Å². The lowest BCUT2D eigenvalue weighted by molar-refractivity contribution is -0.128. The lowest BCUT2D eigenvalue weighted by Gasteiger charge is -2.54. The Kier molecular flexibility index (Phi) is 4.57. The molecule has 0 aromatic heterocycles. The average Bonchev–Trinajstić information content (AvgIpc) is 2.85. The molecule has 32 heavy (non-hydrogen) atoms. The van der Waals surface area contributed by atoms with Gasteiger partial charge < -0.3 is 20.6 Å². The van der Waals surface area contributed by atoms with Gasteiger partial charge in [-0.3, -0.25) is 9.59 Å². The molecular formula is C24H25F2N3O3. The Morgan fingerprint density at radius 2 is 1.97 bits per heavy atom. The summed E-state index contributed by atoms with van der Waals surface area (Å²) >= 11 is 0. The third kappa shape index (κ3) is 3.08. The van der Waals surface area contributed by atoms with E-state index in [4.69, 9.17) is 0 Å². The molecule has 1 heterocycles. The van der Waals surface area contributed by atoms with E-state index in [9.17, 15) is 23.5 Å². The summed E-state index contributed by atoms with van der Waals surface area (Å²) in [6.07, 6.45) is 1.31. The summed E-state index contributed by atoms with van der Waals surface area (Å²) in [7, 11) is 2.03. The Balaban J connectivity index is 1.35. The molecule has 2 aliphatic carbocycles. The monoisotopic (exact) mass is 441 g/mol. The summed E-state index contributed by atoms with van der Waals surface area (Å²) in [5.74, 6) is -2.58. The quantitative estimate of drug-likeness (QED) is 0.638. The van der Waals surface area contributed by atoms with Crippen LogP contribution >= 0.6 is 0 Å². The second kappa shape index (κ2) is 7.00. The predicted octanol–water partition coefficient (Wildman–Crippen LogP) is 2.70. The van der Waals surface area contributed by atoms with Crippen LogP contribution in [-0.2, 0) is 21.4 Å². The Bertz CT molecular complexity index is 1140. The van der Waals surface area contributed by atoms with Crippen LogP contribution in [-0.4, -0.2) is 47.5 Å². The van der Waals surface area contributed by atoms with E-state index in [0.717, 1.165) is 37.1 Å². The van der Waals surface area contributed by atoms with Crippen molar-refractivity contribution in [3.63, 3.8) is 0 Å². The highest BCUT2D eigenvalue weighted by Gasteiger charge is 2.69. The van der Waals surface area contributed by atoms with E-state index in [0.29, 0.717) is 6.07 Å². The molecule has 3 N–H and O–H groups in total. The number of hydrogen-bond donors (Lipinski definition) is 3. The maximum atomic E-state index is 13.8. The molecule has 8 heteroatoms. The number of aromatic hydroxyl groups is 1. The number of carbonyl (C=O) groups excluding carboxylic acids is 2. The number of phenolic OH excluding ortho intramolecular Hbond substituents is 1. The number of benzene rings is 2. The van der Waals surface area contributed by atoms with Crippen molar-refractivity contribution in [2.75, 3.05) is 18.9 Å². The number of likely N-dealkylation sites (N-methyl/N-ethyl adjacent to an activating group) is 1. The Morgan fingerprint density at radius 1 is 1.19 bits per heavy atom. The van der Waals surface area contributed by atoms with Crippen LogP contribution in [0.3, 0.4) is 0 Å². The molecule has 1 saturated heterocycles. The fourth-order valence-corrected chi connectivity index (χ4v) is 6.51. The number of carbonyl (C=O) groups is 2. The first-order valence-electron chi connectivity index (χ1n) is 10.7. The minimum Gasteiger partial charge on any atom is -0.508 e. The first kappa shape index (κ1) is 20.9. The van der Waals surface area contributed by atoms with Crippen molar-refractivity contribution in [1.29, 1.82) is 0 Å². The van der Waals surface area contributed by atoms with Gasteiger partial charge in [0, 0.05) is 29.5 Å². The number of phenols is 1. The summed E-state index contributed by atoms with van der Waals surface area (Å²) in [4.78, 5) is 27.4. The standard InChI is InChI=1S/C24H25F2N3O3/c1-23-11-24(10-13-3-5-15(30)8-16(13)23)12-29(2)22(24)21(23)28-20(32)9-19(31)27-18-6-4-14(25)7-17(18)26/h3-8,21-22,30H,9-12H2,1-2H3,(H,27,31)(H,28,32)/t21-,22?,23+,24?/m0/s1. The molecule has 2 unspecified atom stereocenters. The van der Waals surface area contributed by atoms with Crippen LogP contribution < -0.4 is 10.6 Å². The smallest absolute Gasteiger partial charge is 0.233 e. The number of nitrogens with zero attached hydrogens (tertiary/aromatic N) is 1. The van der Waals surface area contributed by atoms with Crippen LogP contribution in [0.25, 0.3) is 0 Å². The first-order valence-corrected chi connectivity index (χ1v) is 10.7. The third-order valence-electron chi connectivity index (χ3n) is 7.48. The van der Waals surface area contributed by atoms with Gasteiger partial charge in [0.1, 0.15) is 23.8 Å². The van der Waals surface area contributed by atoms with Gasteiger partial charge >= 0.3 is 0 Å². The van der Waals surface area contributed by atoms with Crippen LogP contribution in [0.2, 0.25) is 0 Å². The molecule has 3 aliphatic rings. The van der Waals surface area contributed by atoms with Crippen molar-refractivity contribution in [2.24, 2.45) is 5.41 Å². The van der Waals surface area contributed by atoms with E-state index in [-0.39, 0.29) is 34.4 Å². The largest absolute Gasteiger partial charge is 0.508 e. The van der Waals surface area contributed by atoms with Gasteiger partial charge in [-0.15, -0.1) is 0 Å². The van der Waals surface area contributed by atoms with E-state index in [1.54, 1.807) is 12.1 Å². The zero-order chi connectivity index (χ0) is 22.8. The SMILES string of the molecule is CN1CC23Cc4ccc(O)cc4[C@@](C)(C2)[C@@H](NC(=O)CC(=O)Nc2ccc(F)cc2F)C13. The van der Waals surface area contributed by atoms with Gasteiger partial charge in [0.15, 0.2) is 0 Å². The van der Waals surface area contributed by atoms with Crippen LogP contribution in [0.5, 0.6) is 5.75 Å². The summed E-state index contributed by atoms with van der Waals surface area (Å²) in [6, 6.07) is 8.19. The van der Waals surface area contributed by atoms with Crippen molar-refractivity contribution in [3.8, 4) is 5.75 Å². The third-order valence-corrected chi connectivity index (χ3v) is 7.48. The average molecular weight is 441 g/mol. The second-order valence-corrected chi connectivity index (χ2v) is 9.73. The fourth-order valence-electron chi connectivity index (χ4n) is 6.51. The van der Waals surface area contributed by atoms with Gasteiger partial charge in [-0.2, -0.15) is 0 Å². The van der Waals surface area contributed by atoms with Crippen LogP contribution in [0.15, 0.2) is 36.4 Å². The summed E-state index contributed by atoms with van der Waals surface area (Å²) in [5.41, 5.74) is 1.74. The molecule has 1 spiro atoms. The minimum absolute atomic E-state index is 0.0604. The topological polar surface area (TPSA) is 81.7 Å². The predicted molar refractivity (Wildman–Crippen MR) is 114 cm³/mol. The van der Waals surface area contributed by atoms with E-state index >= 15 is 0 Å². The number of hydrogen-bond acceptors (Lipinski definition) is 4. The number of anilines is 1. The van der Waals surface area contributed by atoms with Crippen LogP contribution in [0.1, 0.15) is 30.9 Å². The summed E-state index contributed by atoms with van der Waals surface area (Å²) in [6.45, 7) is 3.04. The van der Waals surface area contributed by atoms with Crippen molar-refractivity contribution < 1.29 is 23.5 Å².